The van der Waals surface area contributed by atoms with Gasteiger partial charge in [-0.1, -0.05) is 18.2 Å². The van der Waals surface area contributed by atoms with Crippen LogP contribution in [0.5, 0.6) is 5.75 Å². The summed E-state index contributed by atoms with van der Waals surface area (Å²) in [5, 5.41) is 4.25. The zero-order chi connectivity index (χ0) is 18.7. The maximum Gasteiger partial charge on any atom is 0.260 e. The lowest BCUT2D eigenvalue weighted by Crippen LogP contribution is -2.46. The SMILES string of the molecule is Cc1ccccc1OCC(=O)N1Cc2ccnn2[C@H](CNS(C)(=O)=O)C1. The van der Waals surface area contributed by atoms with Crippen molar-refractivity contribution in [1.29, 1.82) is 0 Å². The molecule has 9 heteroatoms. The van der Waals surface area contributed by atoms with Crippen LogP contribution >= 0.6 is 0 Å². The van der Waals surface area contributed by atoms with Crippen LogP contribution in [0, 0.1) is 6.92 Å². The van der Waals surface area contributed by atoms with E-state index < -0.39 is 10.0 Å². The summed E-state index contributed by atoms with van der Waals surface area (Å²) in [5.74, 6) is 0.531. The van der Waals surface area contributed by atoms with Crippen LogP contribution in [0.25, 0.3) is 0 Å². The molecule has 0 unspecified atom stereocenters. The van der Waals surface area contributed by atoms with Crippen molar-refractivity contribution in [2.75, 3.05) is 26.0 Å². The monoisotopic (exact) mass is 378 g/mol. The van der Waals surface area contributed by atoms with Crippen LogP contribution in [-0.2, 0) is 21.4 Å². The predicted molar refractivity (Wildman–Crippen MR) is 96.2 cm³/mol. The van der Waals surface area contributed by atoms with Crippen LogP contribution in [0.3, 0.4) is 0 Å². The Hall–Kier alpha value is -2.39. The minimum Gasteiger partial charge on any atom is -0.484 e. The van der Waals surface area contributed by atoms with Gasteiger partial charge in [0.2, 0.25) is 10.0 Å². The van der Waals surface area contributed by atoms with Crippen LogP contribution in [0.1, 0.15) is 17.3 Å². The van der Waals surface area contributed by atoms with E-state index in [1.165, 1.54) is 0 Å². The number of aryl methyl sites for hydroxylation is 1. The number of sulfonamides is 1. The molecule has 0 saturated heterocycles. The summed E-state index contributed by atoms with van der Waals surface area (Å²) >= 11 is 0. The first-order valence-corrected chi connectivity index (χ1v) is 10.2. The highest BCUT2D eigenvalue weighted by Crippen LogP contribution is 2.21. The van der Waals surface area contributed by atoms with Gasteiger partial charge in [-0.3, -0.25) is 9.48 Å². The van der Waals surface area contributed by atoms with Gasteiger partial charge in [-0.15, -0.1) is 0 Å². The van der Waals surface area contributed by atoms with Gasteiger partial charge >= 0.3 is 0 Å². The van der Waals surface area contributed by atoms with Crippen molar-refractivity contribution in [3.8, 4) is 5.75 Å². The molecule has 1 aliphatic rings. The van der Waals surface area contributed by atoms with Gasteiger partial charge in [0, 0.05) is 19.3 Å². The third-order valence-corrected chi connectivity index (χ3v) is 4.95. The minimum absolute atomic E-state index is 0.0643. The van der Waals surface area contributed by atoms with Crippen molar-refractivity contribution in [2.24, 2.45) is 0 Å². The van der Waals surface area contributed by atoms with Gasteiger partial charge < -0.3 is 9.64 Å². The molecule has 1 aliphatic heterocycles. The quantitative estimate of drug-likeness (QED) is 0.799. The molecule has 0 radical (unpaired) electrons. The fourth-order valence-electron chi connectivity index (χ4n) is 2.93. The van der Waals surface area contributed by atoms with Crippen molar-refractivity contribution in [1.82, 2.24) is 19.4 Å². The van der Waals surface area contributed by atoms with Crippen LogP contribution in [0.15, 0.2) is 36.5 Å². The number of benzene rings is 1. The fraction of sp³-hybridized carbons (Fsp3) is 0.412. The number of carbonyl (C=O) groups is 1. The zero-order valence-electron chi connectivity index (χ0n) is 14.8. The average molecular weight is 378 g/mol. The van der Waals surface area contributed by atoms with Crippen molar-refractivity contribution < 1.29 is 17.9 Å². The van der Waals surface area contributed by atoms with Gasteiger partial charge in [0.15, 0.2) is 6.61 Å². The van der Waals surface area contributed by atoms with Crippen molar-refractivity contribution >= 4 is 15.9 Å². The molecular weight excluding hydrogens is 356 g/mol. The predicted octanol–water partition coefficient (Wildman–Crippen LogP) is 0.703. The van der Waals surface area contributed by atoms with E-state index in [-0.39, 0.29) is 25.1 Å². The topological polar surface area (TPSA) is 93.5 Å². The Bertz CT molecular complexity index is 894. The summed E-state index contributed by atoms with van der Waals surface area (Å²) in [7, 11) is -3.32. The molecule has 0 fully saturated rings. The summed E-state index contributed by atoms with van der Waals surface area (Å²) in [6, 6.07) is 9.09. The van der Waals surface area contributed by atoms with Crippen molar-refractivity contribution in [3.63, 3.8) is 0 Å². The number of nitrogens with zero attached hydrogens (tertiary/aromatic N) is 3. The zero-order valence-corrected chi connectivity index (χ0v) is 15.6. The first-order chi connectivity index (χ1) is 12.3. The number of hydrogen-bond donors (Lipinski definition) is 1. The molecule has 3 rings (SSSR count). The van der Waals surface area contributed by atoms with Crippen LogP contribution < -0.4 is 9.46 Å². The average Bonchev–Trinajstić information content (AvgIpc) is 3.06. The maximum absolute atomic E-state index is 12.6. The first kappa shape index (κ1) is 18.4. The number of amides is 1. The largest absolute Gasteiger partial charge is 0.484 e. The third-order valence-electron chi connectivity index (χ3n) is 4.26. The molecule has 1 aromatic heterocycles. The van der Waals surface area contributed by atoms with Gasteiger partial charge in [0.25, 0.3) is 5.91 Å². The number of hydrogen-bond acceptors (Lipinski definition) is 5. The van der Waals surface area contributed by atoms with E-state index in [0.717, 1.165) is 17.5 Å². The summed E-state index contributed by atoms with van der Waals surface area (Å²) in [6.45, 7) is 2.83. The number of aromatic nitrogens is 2. The lowest BCUT2D eigenvalue weighted by atomic mass is 10.2. The smallest absolute Gasteiger partial charge is 0.260 e. The fourth-order valence-corrected chi connectivity index (χ4v) is 3.42. The second kappa shape index (κ2) is 7.46. The summed E-state index contributed by atoms with van der Waals surface area (Å²) in [6.07, 6.45) is 2.76. The molecule has 0 aliphatic carbocycles. The van der Waals surface area contributed by atoms with E-state index in [1.54, 1.807) is 15.8 Å². The van der Waals surface area contributed by atoms with Crippen LogP contribution in [0.4, 0.5) is 0 Å². The van der Waals surface area contributed by atoms with E-state index in [9.17, 15) is 13.2 Å². The van der Waals surface area contributed by atoms with Gasteiger partial charge in [0.1, 0.15) is 5.75 Å². The molecule has 26 heavy (non-hydrogen) atoms. The van der Waals surface area contributed by atoms with Crippen molar-refractivity contribution in [2.45, 2.75) is 19.5 Å². The molecular formula is C17H22N4O4S. The van der Waals surface area contributed by atoms with Gasteiger partial charge in [0.05, 0.1) is 24.5 Å². The van der Waals surface area contributed by atoms with Crippen molar-refractivity contribution in [3.05, 3.63) is 47.8 Å². The van der Waals surface area contributed by atoms with Gasteiger partial charge in [-0.2, -0.15) is 5.10 Å². The Morgan fingerprint density at radius 3 is 2.85 bits per heavy atom. The second-order valence-electron chi connectivity index (χ2n) is 6.37. The Balaban J connectivity index is 1.66. The Morgan fingerprint density at radius 1 is 1.35 bits per heavy atom. The molecule has 2 heterocycles. The summed E-state index contributed by atoms with van der Waals surface area (Å²) in [5.41, 5.74) is 1.83. The molecule has 1 N–H and O–H groups in total. The lowest BCUT2D eigenvalue weighted by molar-refractivity contribution is -0.135. The molecule has 0 saturated carbocycles. The van der Waals surface area contributed by atoms with Crippen LogP contribution in [0.2, 0.25) is 0 Å². The summed E-state index contributed by atoms with van der Waals surface area (Å²) < 4.78 is 32.7. The molecule has 1 atom stereocenters. The number of nitrogens with one attached hydrogen (secondary N) is 1. The molecule has 140 valence electrons. The van der Waals surface area contributed by atoms with E-state index in [1.807, 2.05) is 37.3 Å². The molecule has 8 nitrogen and oxygen atoms in total. The molecule has 1 amide bonds. The van der Waals surface area contributed by atoms with Gasteiger partial charge in [-0.25, -0.2) is 13.1 Å². The van der Waals surface area contributed by atoms with E-state index in [2.05, 4.69) is 9.82 Å². The van der Waals surface area contributed by atoms with Gasteiger partial charge in [-0.05, 0) is 24.6 Å². The first-order valence-electron chi connectivity index (χ1n) is 8.27. The summed E-state index contributed by atoms with van der Waals surface area (Å²) in [4.78, 5) is 14.3. The Morgan fingerprint density at radius 2 is 2.12 bits per heavy atom. The highest BCUT2D eigenvalue weighted by atomic mass is 32.2. The Labute approximate surface area is 152 Å². The lowest BCUT2D eigenvalue weighted by Gasteiger charge is -2.33. The number of rotatable bonds is 6. The van der Waals surface area contributed by atoms with E-state index >= 15 is 0 Å². The second-order valence-corrected chi connectivity index (χ2v) is 8.20. The molecule has 0 bridgehead atoms. The molecule has 2 aromatic rings. The van der Waals surface area contributed by atoms with E-state index in [0.29, 0.717) is 18.8 Å². The number of ether oxygens (including phenoxy) is 1. The normalized spacial score (nSPS) is 17.0. The maximum atomic E-state index is 12.6. The Kier molecular flexibility index (Phi) is 5.28. The molecule has 0 spiro atoms. The number of fused-ring (bicyclic) bond motifs is 1. The van der Waals surface area contributed by atoms with E-state index in [4.69, 9.17) is 4.74 Å². The third kappa shape index (κ3) is 4.41. The number of carbonyl (C=O) groups excluding carboxylic acids is 1. The minimum atomic E-state index is -3.32. The molecule has 1 aromatic carbocycles. The highest BCUT2D eigenvalue weighted by molar-refractivity contribution is 7.88. The highest BCUT2D eigenvalue weighted by Gasteiger charge is 2.29. The number of para-hydroxylation sites is 1. The van der Waals surface area contributed by atoms with Crippen LogP contribution in [-0.4, -0.2) is 55.0 Å². The standard InChI is InChI=1S/C17H22N4O4S/c1-13-5-3-4-6-16(13)25-12-17(22)20-10-14-7-8-18-21(14)15(11-20)9-19-26(2,23)24/h3-8,15,19H,9-12H2,1-2H3/t15-/m1/s1.